The van der Waals surface area contributed by atoms with Gasteiger partial charge in [-0.3, -0.25) is 4.99 Å². The van der Waals surface area contributed by atoms with E-state index in [1.807, 2.05) is 42.5 Å². The van der Waals surface area contributed by atoms with Gasteiger partial charge in [0.1, 0.15) is 5.84 Å². The predicted octanol–water partition coefficient (Wildman–Crippen LogP) is 4.63. The molecule has 0 saturated carbocycles. The van der Waals surface area contributed by atoms with Crippen LogP contribution < -0.4 is 15.2 Å². The largest absolute Gasteiger partial charge is 0.493 e. The van der Waals surface area contributed by atoms with Crippen LogP contribution in [0.25, 0.3) is 0 Å². The fraction of sp³-hybridized carbons (Fsp3) is 0.240. The average Bonchev–Trinajstić information content (AvgIpc) is 2.78. The third-order valence-corrected chi connectivity index (χ3v) is 4.98. The molecule has 0 aliphatic rings. The monoisotopic (exact) mass is 388 g/mol. The van der Waals surface area contributed by atoms with E-state index in [2.05, 4.69) is 36.4 Å². The van der Waals surface area contributed by atoms with Crippen molar-refractivity contribution in [2.24, 2.45) is 10.7 Å². The van der Waals surface area contributed by atoms with E-state index in [-0.39, 0.29) is 5.92 Å². The van der Waals surface area contributed by atoms with E-state index in [4.69, 9.17) is 20.2 Å². The van der Waals surface area contributed by atoms with E-state index >= 15 is 0 Å². The zero-order valence-electron chi connectivity index (χ0n) is 17.0. The highest BCUT2D eigenvalue weighted by atomic mass is 16.5. The van der Waals surface area contributed by atoms with Gasteiger partial charge >= 0.3 is 0 Å². The van der Waals surface area contributed by atoms with Crippen LogP contribution in [0.15, 0.2) is 83.9 Å². The van der Waals surface area contributed by atoms with Crippen molar-refractivity contribution in [3.05, 3.63) is 95.6 Å². The highest BCUT2D eigenvalue weighted by Crippen LogP contribution is 2.28. The molecule has 3 aromatic carbocycles. The molecule has 0 bridgehead atoms. The summed E-state index contributed by atoms with van der Waals surface area (Å²) in [5.41, 5.74) is 10.0. The van der Waals surface area contributed by atoms with Gasteiger partial charge in [-0.05, 0) is 41.7 Å². The second kappa shape index (κ2) is 10.3. The Morgan fingerprint density at radius 1 is 0.828 bits per heavy atom. The number of benzene rings is 3. The Bertz CT molecular complexity index is 924. The SMILES string of the molecule is COc1ccc(CCN=C(N)C(Cc2ccccc2)c2ccccc2)cc1OC. The Balaban J connectivity index is 1.73. The van der Waals surface area contributed by atoms with E-state index in [0.29, 0.717) is 12.4 Å². The van der Waals surface area contributed by atoms with Crippen LogP contribution in [0.4, 0.5) is 0 Å². The van der Waals surface area contributed by atoms with Crippen LogP contribution in [0.3, 0.4) is 0 Å². The van der Waals surface area contributed by atoms with Crippen molar-refractivity contribution in [1.82, 2.24) is 0 Å². The fourth-order valence-corrected chi connectivity index (χ4v) is 3.39. The first kappa shape index (κ1) is 20.5. The number of hydrogen-bond acceptors (Lipinski definition) is 3. The molecule has 4 nitrogen and oxygen atoms in total. The van der Waals surface area contributed by atoms with Gasteiger partial charge in [0.15, 0.2) is 11.5 Å². The van der Waals surface area contributed by atoms with E-state index in [9.17, 15) is 0 Å². The summed E-state index contributed by atoms with van der Waals surface area (Å²) >= 11 is 0. The maximum atomic E-state index is 6.47. The Kier molecular flexibility index (Phi) is 7.28. The summed E-state index contributed by atoms with van der Waals surface area (Å²) in [5, 5.41) is 0. The minimum atomic E-state index is 0.0593. The average molecular weight is 389 g/mol. The molecular formula is C25H28N2O2. The molecule has 0 aromatic heterocycles. The van der Waals surface area contributed by atoms with E-state index in [1.54, 1.807) is 14.2 Å². The number of hydrogen-bond donors (Lipinski definition) is 1. The van der Waals surface area contributed by atoms with Crippen molar-refractivity contribution in [2.45, 2.75) is 18.8 Å². The van der Waals surface area contributed by atoms with E-state index in [1.165, 1.54) is 11.1 Å². The maximum absolute atomic E-state index is 6.47. The van der Waals surface area contributed by atoms with Gasteiger partial charge in [0.25, 0.3) is 0 Å². The number of rotatable bonds is 9. The smallest absolute Gasteiger partial charge is 0.160 e. The van der Waals surface area contributed by atoms with Gasteiger partial charge in [0.2, 0.25) is 0 Å². The number of aliphatic imine (C=N–C) groups is 1. The fourth-order valence-electron chi connectivity index (χ4n) is 3.39. The van der Waals surface area contributed by atoms with Crippen molar-refractivity contribution >= 4 is 5.84 Å². The Labute approximate surface area is 173 Å². The van der Waals surface area contributed by atoms with Crippen LogP contribution in [0.5, 0.6) is 11.5 Å². The summed E-state index contributed by atoms with van der Waals surface area (Å²) < 4.78 is 10.7. The van der Waals surface area contributed by atoms with Crippen LogP contribution >= 0.6 is 0 Å². The summed E-state index contributed by atoms with van der Waals surface area (Å²) in [5.74, 6) is 2.18. The lowest BCUT2D eigenvalue weighted by Gasteiger charge is -2.17. The third-order valence-electron chi connectivity index (χ3n) is 4.98. The minimum absolute atomic E-state index is 0.0593. The van der Waals surface area contributed by atoms with E-state index < -0.39 is 0 Å². The molecule has 3 rings (SSSR count). The molecule has 0 fully saturated rings. The standard InChI is InChI=1S/C25H28N2O2/c1-28-23-14-13-20(18-24(23)29-2)15-16-27-25(26)22(21-11-7-4-8-12-21)17-19-9-5-3-6-10-19/h3-14,18,22H,15-17H2,1-2H3,(H2,26,27). The molecule has 3 aromatic rings. The topological polar surface area (TPSA) is 56.8 Å². The number of nitrogens with zero attached hydrogens (tertiary/aromatic N) is 1. The number of nitrogens with two attached hydrogens (primary N) is 1. The molecular weight excluding hydrogens is 360 g/mol. The number of ether oxygens (including phenoxy) is 2. The second-order valence-electron chi connectivity index (χ2n) is 6.90. The molecule has 29 heavy (non-hydrogen) atoms. The van der Waals surface area contributed by atoms with Gasteiger partial charge in [-0.15, -0.1) is 0 Å². The Hall–Kier alpha value is -3.27. The molecule has 150 valence electrons. The summed E-state index contributed by atoms with van der Waals surface area (Å²) in [4.78, 5) is 4.71. The Morgan fingerprint density at radius 2 is 1.48 bits per heavy atom. The number of methoxy groups -OCH3 is 2. The van der Waals surface area contributed by atoms with Crippen LogP contribution in [-0.4, -0.2) is 26.6 Å². The lowest BCUT2D eigenvalue weighted by Crippen LogP contribution is -2.24. The molecule has 0 saturated heterocycles. The molecule has 0 aliphatic heterocycles. The first-order chi connectivity index (χ1) is 14.2. The summed E-state index contributed by atoms with van der Waals surface area (Å²) in [6, 6.07) is 26.7. The van der Waals surface area contributed by atoms with Gasteiger partial charge < -0.3 is 15.2 Å². The van der Waals surface area contributed by atoms with Crippen LogP contribution in [0.2, 0.25) is 0 Å². The van der Waals surface area contributed by atoms with Crippen LogP contribution in [0, 0.1) is 0 Å². The van der Waals surface area contributed by atoms with Gasteiger partial charge in [0, 0.05) is 12.5 Å². The molecule has 0 spiro atoms. The predicted molar refractivity (Wildman–Crippen MR) is 119 cm³/mol. The third kappa shape index (κ3) is 5.61. The zero-order valence-corrected chi connectivity index (χ0v) is 17.0. The van der Waals surface area contributed by atoms with Gasteiger partial charge in [-0.2, -0.15) is 0 Å². The quantitative estimate of drug-likeness (QED) is 0.429. The van der Waals surface area contributed by atoms with Crippen molar-refractivity contribution in [3.8, 4) is 11.5 Å². The highest BCUT2D eigenvalue weighted by molar-refractivity contribution is 5.87. The van der Waals surface area contributed by atoms with Crippen LogP contribution in [-0.2, 0) is 12.8 Å². The molecule has 4 heteroatoms. The first-order valence-electron chi connectivity index (χ1n) is 9.81. The van der Waals surface area contributed by atoms with E-state index in [0.717, 1.165) is 29.9 Å². The van der Waals surface area contributed by atoms with Crippen molar-refractivity contribution < 1.29 is 9.47 Å². The molecule has 1 atom stereocenters. The summed E-state index contributed by atoms with van der Waals surface area (Å²) in [7, 11) is 3.28. The second-order valence-corrected chi connectivity index (χ2v) is 6.90. The number of amidine groups is 1. The highest BCUT2D eigenvalue weighted by Gasteiger charge is 2.16. The van der Waals surface area contributed by atoms with Crippen LogP contribution in [0.1, 0.15) is 22.6 Å². The van der Waals surface area contributed by atoms with Gasteiger partial charge in [-0.1, -0.05) is 66.7 Å². The minimum Gasteiger partial charge on any atom is -0.493 e. The van der Waals surface area contributed by atoms with Gasteiger partial charge in [-0.25, -0.2) is 0 Å². The maximum Gasteiger partial charge on any atom is 0.160 e. The normalized spacial score (nSPS) is 12.4. The lowest BCUT2D eigenvalue weighted by atomic mass is 9.91. The molecule has 0 heterocycles. The summed E-state index contributed by atoms with van der Waals surface area (Å²) in [6.07, 6.45) is 1.62. The molecule has 0 aliphatic carbocycles. The molecule has 0 radical (unpaired) electrons. The molecule has 1 unspecified atom stereocenters. The molecule has 2 N–H and O–H groups in total. The first-order valence-corrected chi connectivity index (χ1v) is 9.81. The van der Waals surface area contributed by atoms with Crippen molar-refractivity contribution in [2.75, 3.05) is 20.8 Å². The Morgan fingerprint density at radius 3 is 2.14 bits per heavy atom. The summed E-state index contributed by atoms with van der Waals surface area (Å²) in [6.45, 7) is 0.624. The van der Waals surface area contributed by atoms with Crippen molar-refractivity contribution in [3.63, 3.8) is 0 Å². The zero-order chi connectivity index (χ0) is 20.5. The lowest BCUT2D eigenvalue weighted by molar-refractivity contribution is 0.354. The van der Waals surface area contributed by atoms with Crippen molar-refractivity contribution in [1.29, 1.82) is 0 Å². The van der Waals surface area contributed by atoms with Gasteiger partial charge in [0.05, 0.1) is 14.2 Å². The molecule has 0 amide bonds.